The molecule has 4 nitrogen and oxygen atoms in total. The topological polar surface area (TPSA) is 58.0 Å². The molecule has 0 bridgehead atoms. The van der Waals surface area contributed by atoms with Gasteiger partial charge in [-0.25, -0.2) is 4.98 Å². The molecule has 19 heavy (non-hydrogen) atoms. The number of aryl methyl sites for hydroxylation is 2. The van der Waals surface area contributed by atoms with Gasteiger partial charge in [0.2, 0.25) is 0 Å². The van der Waals surface area contributed by atoms with Crippen LogP contribution < -0.4 is 5.32 Å². The van der Waals surface area contributed by atoms with Crippen LogP contribution in [-0.2, 0) is 5.54 Å². The Bertz CT molecular complexity index is 557. The minimum Gasteiger partial charge on any atom is -0.394 e. The summed E-state index contributed by atoms with van der Waals surface area (Å²) >= 11 is 0. The van der Waals surface area contributed by atoms with E-state index in [0.717, 1.165) is 17.0 Å². The van der Waals surface area contributed by atoms with Crippen LogP contribution in [0.4, 0.5) is 5.82 Å². The first-order valence-corrected chi connectivity index (χ1v) is 6.30. The molecule has 0 aliphatic heterocycles. The Morgan fingerprint density at radius 3 is 2.42 bits per heavy atom. The van der Waals surface area contributed by atoms with Gasteiger partial charge in [-0.15, -0.1) is 0 Å². The first-order valence-electron chi connectivity index (χ1n) is 6.30. The van der Waals surface area contributed by atoms with E-state index in [2.05, 4.69) is 15.3 Å². The molecule has 1 aromatic heterocycles. The van der Waals surface area contributed by atoms with Crippen molar-refractivity contribution in [3.8, 4) is 0 Å². The predicted octanol–water partition coefficient (Wildman–Crippen LogP) is 2.41. The second-order valence-corrected chi connectivity index (χ2v) is 4.91. The van der Waals surface area contributed by atoms with E-state index >= 15 is 0 Å². The van der Waals surface area contributed by atoms with Crippen molar-refractivity contribution in [2.24, 2.45) is 0 Å². The van der Waals surface area contributed by atoms with Gasteiger partial charge in [0.15, 0.2) is 0 Å². The first-order chi connectivity index (χ1) is 9.05. The van der Waals surface area contributed by atoms with E-state index in [4.69, 9.17) is 0 Å². The average molecular weight is 257 g/mol. The number of hydrogen-bond acceptors (Lipinski definition) is 4. The summed E-state index contributed by atoms with van der Waals surface area (Å²) in [5.74, 6) is 0.670. The van der Waals surface area contributed by atoms with Crippen LogP contribution in [-0.4, -0.2) is 21.7 Å². The molecule has 4 heteroatoms. The van der Waals surface area contributed by atoms with Crippen molar-refractivity contribution in [2.45, 2.75) is 26.3 Å². The van der Waals surface area contributed by atoms with Crippen molar-refractivity contribution >= 4 is 5.82 Å². The number of nitrogens with zero attached hydrogens (tertiary/aromatic N) is 2. The highest BCUT2D eigenvalue weighted by atomic mass is 16.3. The van der Waals surface area contributed by atoms with E-state index in [1.165, 1.54) is 0 Å². The van der Waals surface area contributed by atoms with Crippen LogP contribution in [0.25, 0.3) is 0 Å². The first kappa shape index (κ1) is 13.5. The third-order valence-corrected chi connectivity index (χ3v) is 3.32. The van der Waals surface area contributed by atoms with Gasteiger partial charge in [0, 0.05) is 0 Å². The van der Waals surface area contributed by atoms with Crippen LogP contribution in [0, 0.1) is 13.8 Å². The molecule has 0 spiro atoms. The summed E-state index contributed by atoms with van der Waals surface area (Å²) in [5, 5.41) is 13.0. The lowest BCUT2D eigenvalue weighted by Crippen LogP contribution is -2.36. The van der Waals surface area contributed by atoms with Gasteiger partial charge in [0.05, 0.1) is 29.7 Å². The van der Waals surface area contributed by atoms with Crippen LogP contribution in [0.1, 0.15) is 23.9 Å². The number of rotatable bonds is 4. The van der Waals surface area contributed by atoms with E-state index in [0.29, 0.717) is 5.82 Å². The predicted molar refractivity (Wildman–Crippen MR) is 76.0 cm³/mol. The van der Waals surface area contributed by atoms with Crippen molar-refractivity contribution in [3.63, 3.8) is 0 Å². The number of aliphatic hydroxyl groups is 1. The molecule has 0 aliphatic rings. The van der Waals surface area contributed by atoms with Crippen molar-refractivity contribution in [3.05, 3.63) is 53.5 Å². The normalized spacial score (nSPS) is 13.9. The second-order valence-electron chi connectivity index (χ2n) is 4.91. The molecule has 1 aromatic carbocycles. The molecule has 2 N–H and O–H groups in total. The fraction of sp³-hybridized carbons (Fsp3) is 0.333. The maximum Gasteiger partial charge on any atom is 0.145 e. The standard InChI is InChI=1S/C15H19N3O/c1-11-12(2)17-14(9-16-11)18-15(3,10-19)13-7-5-4-6-8-13/h4-9,19H,10H2,1-3H3,(H,17,18). The van der Waals surface area contributed by atoms with Gasteiger partial charge in [0.25, 0.3) is 0 Å². The highest BCUT2D eigenvalue weighted by molar-refractivity contribution is 5.41. The summed E-state index contributed by atoms with van der Waals surface area (Å²) in [6.07, 6.45) is 1.69. The van der Waals surface area contributed by atoms with Crippen LogP contribution in [0.5, 0.6) is 0 Å². The van der Waals surface area contributed by atoms with Crippen molar-refractivity contribution in [1.82, 2.24) is 9.97 Å². The van der Waals surface area contributed by atoms with Gasteiger partial charge in [-0.2, -0.15) is 0 Å². The highest BCUT2D eigenvalue weighted by Crippen LogP contribution is 2.24. The molecule has 1 unspecified atom stereocenters. The largest absolute Gasteiger partial charge is 0.394 e. The van der Waals surface area contributed by atoms with Crippen LogP contribution in [0.2, 0.25) is 0 Å². The fourth-order valence-corrected chi connectivity index (χ4v) is 1.89. The third kappa shape index (κ3) is 2.90. The Hall–Kier alpha value is -1.94. The molecule has 0 saturated carbocycles. The van der Waals surface area contributed by atoms with Gasteiger partial charge >= 0.3 is 0 Å². The van der Waals surface area contributed by atoms with E-state index < -0.39 is 5.54 Å². The van der Waals surface area contributed by atoms with Gasteiger partial charge in [-0.3, -0.25) is 4.98 Å². The quantitative estimate of drug-likeness (QED) is 0.883. The molecule has 2 aromatic rings. The fourth-order valence-electron chi connectivity index (χ4n) is 1.89. The molecule has 1 atom stereocenters. The Morgan fingerprint density at radius 1 is 1.16 bits per heavy atom. The Labute approximate surface area is 113 Å². The van der Waals surface area contributed by atoms with E-state index in [1.807, 2.05) is 51.1 Å². The monoisotopic (exact) mass is 257 g/mol. The Balaban J connectivity index is 2.30. The number of hydrogen-bond donors (Lipinski definition) is 2. The minimum absolute atomic E-state index is 0.0222. The van der Waals surface area contributed by atoms with Crippen molar-refractivity contribution in [1.29, 1.82) is 0 Å². The van der Waals surface area contributed by atoms with Gasteiger partial charge in [-0.1, -0.05) is 30.3 Å². The molecule has 0 fully saturated rings. The molecule has 100 valence electrons. The highest BCUT2D eigenvalue weighted by Gasteiger charge is 2.26. The van der Waals surface area contributed by atoms with E-state index in [-0.39, 0.29) is 6.61 Å². The van der Waals surface area contributed by atoms with Crippen LogP contribution in [0.3, 0.4) is 0 Å². The molecular formula is C15H19N3O. The summed E-state index contributed by atoms with van der Waals surface area (Å²) in [7, 11) is 0. The molecule has 2 rings (SSSR count). The van der Waals surface area contributed by atoms with Gasteiger partial charge in [0.1, 0.15) is 5.82 Å². The zero-order valence-electron chi connectivity index (χ0n) is 11.5. The summed E-state index contributed by atoms with van der Waals surface area (Å²) in [4.78, 5) is 8.73. The second kappa shape index (κ2) is 5.36. The lowest BCUT2D eigenvalue weighted by atomic mass is 9.93. The summed E-state index contributed by atoms with van der Waals surface area (Å²) in [6, 6.07) is 9.83. The Kier molecular flexibility index (Phi) is 3.81. The lowest BCUT2D eigenvalue weighted by molar-refractivity contribution is 0.223. The summed E-state index contributed by atoms with van der Waals surface area (Å²) in [6.45, 7) is 5.77. The third-order valence-electron chi connectivity index (χ3n) is 3.32. The number of aliphatic hydroxyl groups excluding tert-OH is 1. The smallest absolute Gasteiger partial charge is 0.145 e. The number of aromatic nitrogens is 2. The minimum atomic E-state index is -0.572. The van der Waals surface area contributed by atoms with Gasteiger partial charge < -0.3 is 10.4 Å². The number of anilines is 1. The molecule has 0 aliphatic carbocycles. The zero-order valence-corrected chi connectivity index (χ0v) is 11.5. The SMILES string of the molecule is Cc1ncc(NC(C)(CO)c2ccccc2)nc1C. The Morgan fingerprint density at radius 2 is 1.84 bits per heavy atom. The number of nitrogens with one attached hydrogen (secondary N) is 1. The molecule has 0 radical (unpaired) electrons. The maximum absolute atomic E-state index is 9.71. The number of benzene rings is 1. The van der Waals surface area contributed by atoms with Crippen molar-refractivity contribution < 1.29 is 5.11 Å². The molecular weight excluding hydrogens is 238 g/mol. The summed E-state index contributed by atoms with van der Waals surface area (Å²) < 4.78 is 0. The molecule has 0 amide bonds. The zero-order chi connectivity index (χ0) is 13.9. The molecule has 1 heterocycles. The molecule has 0 saturated heterocycles. The van der Waals surface area contributed by atoms with Crippen LogP contribution in [0.15, 0.2) is 36.5 Å². The van der Waals surface area contributed by atoms with Crippen molar-refractivity contribution in [2.75, 3.05) is 11.9 Å². The van der Waals surface area contributed by atoms with Crippen LogP contribution >= 0.6 is 0 Å². The average Bonchev–Trinajstić information content (AvgIpc) is 2.44. The maximum atomic E-state index is 9.71. The lowest BCUT2D eigenvalue weighted by Gasteiger charge is -2.30. The van der Waals surface area contributed by atoms with E-state index in [9.17, 15) is 5.11 Å². The summed E-state index contributed by atoms with van der Waals surface area (Å²) in [5.41, 5.74) is 2.24. The van der Waals surface area contributed by atoms with Gasteiger partial charge in [-0.05, 0) is 26.3 Å². The van der Waals surface area contributed by atoms with E-state index in [1.54, 1.807) is 6.20 Å².